The normalized spacial score (nSPS) is 11.8. The SMILES string of the molecule is c1ccc(-c2cc(N(c3ccccc3)c3ccc4c(c3)oc3ccccc34)cc3oc4c5ccccc5c5ccccc5c4c23)cc1. The number of anilines is 3. The van der Waals surface area contributed by atoms with Crippen LogP contribution in [0.4, 0.5) is 17.1 Å². The molecule has 47 heavy (non-hydrogen) atoms. The standard InChI is InChI=1S/C44H27NO2/c1-3-13-28(14-4-1)38-25-31(27-41-42(38)43-36-20-9-7-17-32(36)33-18-8-10-21-37(33)44(43)47-41)45(29-15-5-2-6-16-29)30-23-24-35-34-19-11-12-22-39(34)46-40(35)26-30/h1-27H. The first kappa shape index (κ1) is 26.0. The van der Waals surface area contributed by atoms with E-state index in [1.165, 1.54) is 16.2 Å². The fraction of sp³-hybridized carbons (Fsp3) is 0. The van der Waals surface area contributed by atoms with Crippen LogP contribution in [-0.2, 0) is 0 Å². The molecule has 10 rings (SSSR count). The van der Waals surface area contributed by atoms with Crippen molar-refractivity contribution in [3.8, 4) is 11.1 Å². The molecule has 0 unspecified atom stereocenters. The highest BCUT2D eigenvalue weighted by molar-refractivity contribution is 6.32. The number of furan rings is 2. The largest absolute Gasteiger partial charge is 0.456 e. The van der Waals surface area contributed by atoms with E-state index in [-0.39, 0.29) is 0 Å². The maximum atomic E-state index is 6.96. The summed E-state index contributed by atoms with van der Waals surface area (Å²) in [5, 5.41) is 9.23. The molecule has 0 amide bonds. The van der Waals surface area contributed by atoms with Crippen molar-refractivity contribution in [2.24, 2.45) is 0 Å². The van der Waals surface area contributed by atoms with E-state index in [0.717, 1.165) is 77.5 Å². The number of hydrogen-bond acceptors (Lipinski definition) is 3. The average molecular weight is 602 g/mol. The van der Waals surface area contributed by atoms with Crippen LogP contribution in [0.5, 0.6) is 0 Å². The minimum atomic E-state index is 0.851. The van der Waals surface area contributed by atoms with Gasteiger partial charge in [0.05, 0.1) is 5.69 Å². The molecule has 2 heterocycles. The van der Waals surface area contributed by atoms with Gasteiger partial charge in [0.2, 0.25) is 0 Å². The Morgan fingerprint density at radius 2 is 0.936 bits per heavy atom. The van der Waals surface area contributed by atoms with E-state index in [9.17, 15) is 0 Å². The summed E-state index contributed by atoms with van der Waals surface area (Å²) in [5.41, 5.74) is 8.84. The van der Waals surface area contributed by atoms with E-state index in [1.807, 2.05) is 12.1 Å². The van der Waals surface area contributed by atoms with Gasteiger partial charge >= 0.3 is 0 Å². The lowest BCUT2D eigenvalue weighted by Crippen LogP contribution is -2.10. The van der Waals surface area contributed by atoms with E-state index in [1.54, 1.807) is 0 Å². The molecule has 0 aliphatic carbocycles. The van der Waals surface area contributed by atoms with E-state index in [0.29, 0.717) is 0 Å². The third-order valence-electron chi connectivity index (χ3n) is 9.41. The van der Waals surface area contributed by atoms with Gasteiger partial charge in [-0.3, -0.25) is 0 Å². The highest BCUT2D eigenvalue weighted by Crippen LogP contribution is 2.47. The second kappa shape index (κ2) is 10.1. The molecule has 0 saturated heterocycles. The zero-order valence-corrected chi connectivity index (χ0v) is 25.4. The van der Waals surface area contributed by atoms with Crippen molar-refractivity contribution in [3.05, 3.63) is 164 Å². The van der Waals surface area contributed by atoms with Crippen molar-refractivity contribution < 1.29 is 8.83 Å². The zero-order valence-electron chi connectivity index (χ0n) is 25.4. The molecule has 0 saturated carbocycles. The van der Waals surface area contributed by atoms with Crippen LogP contribution in [0, 0.1) is 0 Å². The molecule has 0 aliphatic rings. The Morgan fingerprint density at radius 3 is 1.72 bits per heavy atom. The van der Waals surface area contributed by atoms with Gasteiger partial charge in [0, 0.05) is 50.4 Å². The second-order valence-corrected chi connectivity index (χ2v) is 12.1. The average Bonchev–Trinajstić information content (AvgIpc) is 3.71. The fourth-order valence-corrected chi connectivity index (χ4v) is 7.36. The Labute approximate surface area is 270 Å². The van der Waals surface area contributed by atoms with E-state index >= 15 is 0 Å². The van der Waals surface area contributed by atoms with Crippen molar-refractivity contribution in [2.45, 2.75) is 0 Å². The van der Waals surface area contributed by atoms with Crippen LogP contribution in [0.15, 0.2) is 173 Å². The highest BCUT2D eigenvalue weighted by atomic mass is 16.3. The van der Waals surface area contributed by atoms with Crippen LogP contribution in [0.3, 0.4) is 0 Å². The molecule has 3 nitrogen and oxygen atoms in total. The van der Waals surface area contributed by atoms with Crippen molar-refractivity contribution in [1.29, 1.82) is 0 Å². The maximum absolute atomic E-state index is 6.96. The van der Waals surface area contributed by atoms with E-state index < -0.39 is 0 Å². The summed E-state index contributed by atoms with van der Waals surface area (Å²) >= 11 is 0. The third-order valence-corrected chi connectivity index (χ3v) is 9.41. The molecule has 0 aliphatic heterocycles. The monoisotopic (exact) mass is 601 g/mol. The van der Waals surface area contributed by atoms with Crippen molar-refractivity contribution in [1.82, 2.24) is 0 Å². The van der Waals surface area contributed by atoms with E-state index in [4.69, 9.17) is 8.83 Å². The molecule has 0 spiro atoms. The van der Waals surface area contributed by atoms with Crippen molar-refractivity contribution in [3.63, 3.8) is 0 Å². The molecule has 2 aromatic heterocycles. The molecule has 10 aromatic rings. The molecule has 0 radical (unpaired) electrons. The van der Waals surface area contributed by atoms with Crippen LogP contribution in [0.25, 0.3) is 76.5 Å². The lowest BCUT2D eigenvalue weighted by molar-refractivity contribution is 0.669. The zero-order chi connectivity index (χ0) is 30.9. The highest BCUT2D eigenvalue weighted by Gasteiger charge is 2.23. The summed E-state index contributed by atoms with van der Waals surface area (Å²) < 4.78 is 13.3. The first-order valence-electron chi connectivity index (χ1n) is 15.9. The molecule has 3 heteroatoms. The smallest absolute Gasteiger partial charge is 0.143 e. The second-order valence-electron chi connectivity index (χ2n) is 12.1. The van der Waals surface area contributed by atoms with Gasteiger partial charge in [-0.25, -0.2) is 0 Å². The molecule has 8 aromatic carbocycles. The summed E-state index contributed by atoms with van der Waals surface area (Å²) in [4.78, 5) is 2.29. The van der Waals surface area contributed by atoms with Gasteiger partial charge < -0.3 is 13.7 Å². The Morgan fingerprint density at radius 1 is 0.340 bits per heavy atom. The number of fused-ring (bicyclic) bond motifs is 11. The number of nitrogens with zero attached hydrogens (tertiary/aromatic N) is 1. The predicted octanol–water partition coefficient (Wildman–Crippen LogP) is 12.9. The van der Waals surface area contributed by atoms with Gasteiger partial charge in [-0.1, -0.05) is 115 Å². The number of benzene rings is 8. The first-order chi connectivity index (χ1) is 23.3. The summed E-state index contributed by atoms with van der Waals surface area (Å²) in [6.45, 7) is 0. The Balaban J connectivity index is 1.31. The van der Waals surface area contributed by atoms with Crippen LogP contribution in [0.1, 0.15) is 0 Å². The topological polar surface area (TPSA) is 29.5 Å². The van der Waals surface area contributed by atoms with Crippen LogP contribution in [-0.4, -0.2) is 0 Å². The molecule has 0 atom stereocenters. The van der Waals surface area contributed by atoms with Crippen LogP contribution < -0.4 is 4.90 Å². The predicted molar refractivity (Wildman–Crippen MR) is 196 cm³/mol. The first-order valence-corrected chi connectivity index (χ1v) is 15.9. The maximum Gasteiger partial charge on any atom is 0.143 e. The summed E-state index contributed by atoms with van der Waals surface area (Å²) in [6.07, 6.45) is 0. The molecular formula is C44H27NO2. The molecule has 0 bridgehead atoms. The minimum absolute atomic E-state index is 0.851. The molecule has 220 valence electrons. The van der Waals surface area contributed by atoms with Gasteiger partial charge in [-0.15, -0.1) is 0 Å². The Bertz CT molecular complexity index is 2790. The number of hydrogen-bond donors (Lipinski definition) is 0. The molecule has 0 fully saturated rings. The van der Waals surface area contributed by atoms with Gasteiger partial charge in [0.15, 0.2) is 0 Å². The number of rotatable bonds is 4. The minimum Gasteiger partial charge on any atom is -0.456 e. The van der Waals surface area contributed by atoms with Crippen LogP contribution >= 0.6 is 0 Å². The van der Waals surface area contributed by atoms with Gasteiger partial charge in [-0.2, -0.15) is 0 Å². The van der Waals surface area contributed by atoms with Gasteiger partial charge in [0.25, 0.3) is 0 Å². The summed E-state index contributed by atoms with van der Waals surface area (Å²) in [5.74, 6) is 0. The van der Waals surface area contributed by atoms with Gasteiger partial charge in [-0.05, 0) is 63.7 Å². The summed E-state index contributed by atoms with van der Waals surface area (Å²) in [7, 11) is 0. The Hall–Kier alpha value is -6.32. The number of para-hydroxylation sites is 2. The Kier molecular flexibility index (Phi) is 5.57. The van der Waals surface area contributed by atoms with E-state index in [2.05, 4.69) is 157 Å². The van der Waals surface area contributed by atoms with Crippen molar-refractivity contribution >= 4 is 82.5 Å². The van der Waals surface area contributed by atoms with Gasteiger partial charge in [0.1, 0.15) is 22.3 Å². The lowest BCUT2D eigenvalue weighted by Gasteiger charge is -2.26. The molecule has 0 N–H and O–H groups in total. The fourth-order valence-electron chi connectivity index (χ4n) is 7.36. The summed E-state index contributed by atoms with van der Waals surface area (Å²) in [6, 6.07) is 57.6. The quantitative estimate of drug-likeness (QED) is 0.188. The van der Waals surface area contributed by atoms with Crippen molar-refractivity contribution in [2.75, 3.05) is 4.90 Å². The molecular weight excluding hydrogens is 574 g/mol. The van der Waals surface area contributed by atoms with Crippen LogP contribution in [0.2, 0.25) is 0 Å². The lowest BCUT2D eigenvalue weighted by atomic mass is 9.93. The third kappa shape index (κ3) is 3.93.